The first kappa shape index (κ1) is 64.1. The number of amides is 3. The fourth-order valence-corrected chi connectivity index (χ4v) is 9.22. The maximum atomic E-state index is 12.6. The van der Waals surface area contributed by atoms with E-state index in [0.717, 1.165) is 20.8 Å². The molecule has 442 valence electrons. The molecular formula is C42H73N3O31. The van der Waals surface area contributed by atoms with Crippen molar-refractivity contribution in [3.63, 3.8) is 0 Å². The predicted molar refractivity (Wildman–Crippen MR) is 236 cm³/mol. The third kappa shape index (κ3) is 14.8. The van der Waals surface area contributed by atoms with Crippen molar-refractivity contribution in [2.45, 2.75) is 199 Å². The molecule has 0 unspecified atom stereocenters. The summed E-state index contributed by atoms with van der Waals surface area (Å²) in [5.74, 6) is -2.47. The summed E-state index contributed by atoms with van der Waals surface area (Å²) < 4.78 is 57.0. The average molecular weight is 1120 g/mol. The van der Waals surface area contributed by atoms with Crippen LogP contribution in [-0.2, 0) is 61.8 Å². The lowest BCUT2D eigenvalue weighted by atomic mass is 9.94. The quantitative estimate of drug-likeness (QED) is 0.0452. The molecule has 29 atom stereocenters. The summed E-state index contributed by atoms with van der Waals surface area (Å²) in [7, 11) is 0. The minimum atomic E-state index is -2.23. The van der Waals surface area contributed by atoms with Gasteiger partial charge in [-0.15, -0.1) is 0 Å². The molecule has 5 saturated heterocycles. The number of aliphatic hydroxyl groups is 18. The molecule has 3 amide bonds. The zero-order chi connectivity index (χ0) is 56.6. The van der Waals surface area contributed by atoms with E-state index in [4.69, 9.17) is 47.4 Å². The van der Waals surface area contributed by atoms with Crippen molar-refractivity contribution in [1.29, 1.82) is 0 Å². The van der Waals surface area contributed by atoms with Gasteiger partial charge in [0.1, 0.15) is 140 Å². The van der Waals surface area contributed by atoms with Gasteiger partial charge in [-0.2, -0.15) is 0 Å². The molecule has 0 bridgehead atoms. The SMILES string of the molecule is CC(=O)N[C@H]1[C@H](OC[C@@H](O)[C@H](O)[C@@H](O[C@@H]2O[C@H](CO)[C@H](O)[C@H](O)[C@H]2O)[C@H](CO)NC(C)=O)O[C@H](CO)[C@@H](O[C@@H]2O[C@H](CO)[C@H](O)[C@H](O[C@@H]3O[C@H](CO)[C@@H](O)[C@H](O[C@@H]4O[C@H](CO)[C@H](O)[C@H](O)[C@H]4O)[C@H]3NC(C)=O)[C@H]2O)[C@@H]1O. The highest BCUT2D eigenvalue weighted by atomic mass is 16.8. The topological polar surface area (TPSA) is 544 Å². The van der Waals surface area contributed by atoms with Crippen LogP contribution in [0.4, 0.5) is 0 Å². The molecule has 0 aromatic carbocycles. The normalized spacial score (nSPS) is 43.8. The Labute approximate surface area is 431 Å². The van der Waals surface area contributed by atoms with Crippen molar-refractivity contribution in [1.82, 2.24) is 16.0 Å². The first-order chi connectivity index (χ1) is 35.9. The Morgan fingerprint density at radius 3 is 1.37 bits per heavy atom. The molecule has 0 aliphatic carbocycles. The van der Waals surface area contributed by atoms with Gasteiger partial charge < -0.3 is 155 Å². The van der Waals surface area contributed by atoms with Gasteiger partial charge in [-0.3, -0.25) is 14.4 Å². The summed E-state index contributed by atoms with van der Waals surface area (Å²) in [4.78, 5) is 37.1. The second-order valence-electron chi connectivity index (χ2n) is 18.8. The van der Waals surface area contributed by atoms with Crippen molar-refractivity contribution < 1.29 is 154 Å². The summed E-state index contributed by atoms with van der Waals surface area (Å²) in [6.45, 7) is -3.82. The Morgan fingerprint density at radius 1 is 0.447 bits per heavy atom. The highest BCUT2D eigenvalue weighted by Gasteiger charge is 2.57. The van der Waals surface area contributed by atoms with E-state index in [1.165, 1.54) is 0 Å². The van der Waals surface area contributed by atoms with Crippen LogP contribution in [0, 0.1) is 0 Å². The van der Waals surface area contributed by atoms with Gasteiger partial charge in [0, 0.05) is 20.8 Å². The third-order valence-corrected chi connectivity index (χ3v) is 13.3. The van der Waals surface area contributed by atoms with Crippen LogP contribution < -0.4 is 16.0 Å². The maximum Gasteiger partial charge on any atom is 0.217 e. The van der Waals surface area contributed by atoms with Crippen LogP contribution in [-0.4, -0.2) is 334 Å². The van der Waals surface area contributed by atoms with Gasteiger partial charge in [-0.05, 0) is 0 Å². The Hall–Kier alpha value is -2.71. The number of hydrogen-bond donors (Lipinski definition) is 21. The highest BCUT2D eigenvalue weighted by molar-refractivity contribution is 5.74. The van der Waals surface area contributed by atoms with E-state index in [1.807, 2.05) is 0 Å². The second-order valence-corrected chi connectivity index (χ2v) is 18.8. The number of hydrogen-bond acceptors (Lipinski definition) is 31. The molecule has 76 heavy (non-hydrogen) atoms. The predicted octanol–water partition coefficient (Wildman–Crippen LogP) is -14.0. The number of aliphatic hydroxyl groups excluding tert-OH is 18. The summed E-state index contributed by atoms with van der Waals surface area (Å²) in [6.07, 6.45) is -49.9. The lowest BCUT2D eigenvalue weighted by Gasteiger charge is -2.50. The van der Waals surface area contributed by atoms with E-state index >= 15 is 0 Å². The Balaban J connectivity index is 1.36. The van der Waals surface area contributed by atoms with Crippen LogP contribution in [0.1, 0.15) is 20.8 Å². The van der Waals surface area contributed by atoms with Crippen LogP contribution in [0.5, 0.6) is 0 Å². The van der Waals surface area contributed by atoms with Crippen LogP contribution in [0.15, 0.2) is 0 Å². The molecular weight excluding hydrogens is 1040 g/mol. The number of rotatable bonds is 23. The minimum absolute atomic E-state index is 0.784. The standard InChI is InChI=1S/C42H73N3O31/c1-11(52)43-14(4-46)34(73-40-31(64)29(62)24(57)16(5-47)69-40)23(56)15(55)10-67-38-21(44-12(2)53)28(61)35(20(9-51)72-38)74-42-33(66)37(27(60)19(8-50)71-42)76-39-22(45-13(3)54)36(26(59)18(7-49)68-39)75-41-32(65)30(63)25(58)17(6-48)70-41/h14-42,46-51,55-66H,4-10H2,1-3H3,(H,43,52)(H,44,53)(H,45,54)/t14-,15+,16+,17+,18+,19+,20+,21+,22+,23-,24-,25-,26+,27-,28+,29-,30-,31+,32+,33+,34-,35+,36+,37-,38+,39-,40-,41-,42-/m0/s1. The Kier molecular flexibility index (Phi) is 24.1. The Morgan fingerprint density at radius 2 is 0.868 bits per heavy atom. The van der Waals surface area contributed by atoms with Gasteiger partial charge in [0.2, 0.25) is 17.7 Å². The molecule has 5 heterocycles. The highest BCUT2D eigenvalue weighted by Crippen LogP contribution is 2.35. The van der Waals surface area contributed by atoms with Crippen LogP contribution in [0.25, 0.3) is 0 Å². The zero-order valence-electron chi connectivity index (χ0n) is 41.0. The van der Waals surface area contributed by atoms with Gasteiger partial charge >= 0.3 is 0 Å². The lowest BCUT2D eigenvalue weighted by molar-refractivity contribution is -0.377. The van der Waals surface area contributed by atoms with Crippen LogP contribution in [0.2, 0.25) is 0 Å². The van der Waals surface area contributed by atoms with Crippen LogP contribution in [0.3, 0.4) is 0 Å². The van der Waals surface area contributed by atoms with Crippen molar-refractivity contribution in [2.75, 3.05) is 46.2 Å². The van der Waals surface area contributed by atoms with E-state index in [1.54, 1.807) is 0 Å². The monoisotopic (exact) mass is 1120 g/mol. The number of carbonyl (C=O) groups excluding carboxylic acids is 3. The van der Waals surface area contributed by atoms with Gasteiger partial charge in [0.25, 0.3) is 0 Å². The second kappa shape index (κ2) is 28.6. The molecule has 34 heteroatoms. The van der Waals surface area contributed by atoms with Crippen molar-refractivity contribution >= 4 is 17.7 Å². The third-order valence-electron chi connectivity index (χ3n) is 13.3. The van der Waals surface area contributed by atoms with Crippen molar-refractivity contribution in [3.8, 4) is 0 Å². The first-order valence-electron chi connectivity index (χ1n) is 24.0. The van der Waals surface area contributed by atoms with E-state index in [2.05, 4.69) is 16.0 Å². The maximum absolute atomic E-state index is 12.6. The first-order valence-corrected chi connectivity index (χ1v) is 24.0. The Bertz CT molecular complexity index is 1820. The summed E-state index contributed by atoms with van der Waals surface area (Å²) in [6, 6.07) is -5.05. The summed E-state index contributed by atoms with van der Waals surface area (Å²) in [5, 5.41) is 199. The molecule has 0 saturated carbocycles. The van der Waals surface area contributed by atoms with Crippen molar-refractivity contribution in [2.24, 2.45) is 0 Å². The molecule has 5 fully saturated rings. The van der Waals surface area contributed by atoms with Gasteiger partial charge in [0.15, 0.2) is 31.5 Å². The number of carbonyl (C=O) groups is 3. The van der Waals surface area contributed by atoms with E-state index < -0.39 is 242 Å². The van der Waals surface area contributed by atoms with Gasteiger partial charge in [0.05, 0.1) is 52.3 Å². The molecule has 0 aromatic rings. The fraction of sp³-hybridized carbons (Fsp3) is 0.929. The van der Waals surface area contributed by atoms with Crippen molar-refractivity contribution in [3.05, 3.63) is 0 Å². The van der Waals surface area contributed by atoms with Crippen LogP contribution >= 0.6 is 0 Å². The smallest absolute Gasteiger partial charge is 0.217 e. The lowest BCUT2D eigenvalue weighted by Crippen LogP contribution is -2.70. The molecule has 5 aliphatic heterocycles. The van der Waals surface area contributed by atoms with Gasteiger partial charge in [-0.25, -0.2) is 0 Å². The largest absolute Gasteiger partial charge is 0.394 e. The van der Waals surface area contributed by atoms with Gasteiger partial charge in [-0.1, -0.05) is 0 Å². The summed E-state index contributed by atoms with van der Waals surface area (Å²) >= 11 is 0. The van der Waals surface area contributed by atoms with E-state index in [0.29, 0.717) is 0 Å². The molecule has 5 aliphatic rings. The molecule has 5 rings (SSSR count). The van der Waals surface area contributed by atoms with E-state index in [9.17, 15) is 106 Å². The average Bonchev–Trinajstić information content (AvgIpc) is 3.38. The van der Waals surface area contributed by atoms with E-state index in [-0.39, 0.29) is 0 Å². The molecule has 0 aromatic heterocycles. The fourth-order valence-electron chi connectivity index (χ4n) is 9.22. The summed E-state index contributed by atoms with van der Waals surface area (Å²) in [5.41, 5.74) is 0. The molecule has 34 nitrogen and oxygen atoms in total. The molecule has 0 radical (unpaired) electrons. The zero-order valence-corrected chi connectivity index (χ0v) is 41.0. The number of ether oxygens (including phenoxy) is 10. The number of nitrogens with one attached hydrogen (secondary N) is 3. The molecule has 0 spiro atoms. The molecule has 21 N–H and O–H groups in total. The minimum Gasteiger partial charge on any atom is -0.394 e.